The lowest BCUT2D eigenvalue weighted by molar-refractivity contribution is -0.147. The topological polar surface area (TPSA) is 92.9 Å². The Balaban J connectivity index is 2.23. The van der Waals surface area contributed by atoms with Gasteiger partial charge in [0.05, 0.1) is 19.4 Å². The Kier molecular flexibility index (Phi) is 3.10. The fourth-order valence-corrected chi connectivity index (χ4v) is 1.68. The van der Waals surface area contributed by atoms with Crippen molar-refractivity contribution in [3.05, 3.63) is 17.5 Å². The van der Waals surface area contributed by atoms with Crippen LogP contribution in [-0.2, 0) is 9.53 Å². The summed E-state index contributed by atoms with van der Waals surface area (Å²) in [6, 6.07) is -0.972. The number of hydrogen-bond donors (Lipinski definition) is 1. The van der Waals surface area contributed by atoms with E-state index in [9.17, 15) is 9.59 Å². The highest BCUT2D eigenvalue weighted by molar-refractivity contribution is 5.95. The zero-order chi connectivity index (χ0) is 12.4. The fraction of sp³-hybridized carbons (Fsp3) is 0.500. The lowest BCUT2D eigenvalue weighted by Gasteiger charge is -2.32. The average Bonchev–Trinajstić information content (AvgIpc) is 2.74. The molecule has 1 saturated heterocycles. The van der Waals surface area contributed by atoms with Crippen LogP contribution in [0, 0.1) is 6.92 Å². The molecule has 2 rings (SSSR count). The van der Waals surface area contributed by atoms with Crippen LogP contribution in [0.25, 0.3) is 0 Å². The minimum atomic E-state index is -1.09. The zero-order valence-electron chi connectivity index (χ0n) is 9.25. The number of ether oxygens (including phenoxy) is 1. The molecule has 7 heteroatoms. The maximum absolute atomic E-state index is 12.1. The van der Waals surface area contributed by atoms with Crippen molar-refractivity contribution < 1.29 is 24.0 Å². The molecule has 1 atom stereocenters. The van der Waals surface area contributed by atoms with Gasteiger partial charge < -0.3 is 19.3 Å². The second-order valence-electron chi connectivity index (χ2n) is 3.77. The van der Waals surface area contributed by atoms with Crippen LogP contribution in [0.15, 0.2) is 10.7 Å². The van der Waals surface area contributed by atoms with E-state index >= 15 is 0 Å². The maximum Gasteiger partial charge on any atom is 0.328 e. The van der Waals surface area contributed by atoms with Gasteiger partial charge in [-0.1, -0.05) is 5.16 Å². The molecule has 0 radical (unpaired) electrons. The van der Waals surface area contributed by atoms with Gasteiger partial charge in [-0.3, -0.25) is 4.79 Å². The third kappa shape index (κ3) is 2.14. The van der Waals surface area contributed by atoms with E-state index in [4.69, 9.17) is 14.4 Å². The summed E-state index contributed by atoms with van der Waals surface area (Å²) in [5.74, 6) is -1.47. The highest BCUT2D eigenvalue weighted by atomic mass is 16.5. The maximum atomic E-state index is 12.1. The van der Waals surface area contributed by atoms with Crippen molar-refractivity contribution in [1.82, 2.24) is 10.1 Å². The molecule has 0 saturated carbocycles. The highest BCUT2D eigenvalue weighted by Gasteiger charge is 2.35. The molecule has 17 heavy (non-hydrogen) atoms. The zero-order valence-corrected chi connectivity index (χ0v) is 9.25. The first kappa shape index (κ1) is 11.6. The number of hydrogen-bond acceptors (Lipinski definition) is 5. The number of carbonyl (C=O) groups is 2. The van der Waals surface area contributed by atoms with E-state index in [0.29, 0.717) is 12.2 Å². The van der Waals surface area contributed by atoms with Crippen molar-refractivity contribution in [3.63, 3.8) is 0 Å². The number of morpholine rings is 1. The summed E-state index contributed by atoms with van der Waals surface area (Å²) in [4.78, 5) is 24.3. The normalized spacial score (nSPS) is 20.3. The molecule has 1 aromatic rings. The number of amides is 1. The fourth-order valence-electron chi connectivity index (χ4n) is 1.68. The number of aliphatic carboxylic acids is 1. The SMILES string of the molecule is Cc1cnoc1C(=O)N1CCOCC1C(=O)O. The summed E-state index contributed by atoms with van der Waals surface area (Å²) in [5.41, 5.74) is 0.589. The van der Waals surface area contributed by atoms with Crippen molar-refractivity contribution in [2.45, 2.75) is 13.0 Å². The minimum absolute atomic E-state index is 0.00570. The van der Waals surface area contributed by atoms with Gasteiger partial charge in [-0.2, -0.15) is 0 Å². The minimum Gasteiger partial charge on any atom is -0.480 e. The van der Waals surface area contributed by atoms with Gasteiger partial charge in [0.2, 0.25) is 5.76 Å². The molecule has 1 amide bonds. The van der Waals surface area contributed by atoms with Crippen LogP contribution < -0.4 is 0 Å². The molecule has 1 aliphatic rings. The Morgan fingerprint density at radius 3 is 2.94 bits per heavy atom. The molecule has 2 heterocycles. The van der Waals surface area contributed by atoms with Crippen LogP contribution in [0.4, 0.5) is 0 Å². The Hall–Kier alpha value is -1.89. The van der Waals surface area contributed by atoms with Gasteiger partial charge in [-0.25, -0.2) is 4.79 Å². The molecular weight excluding hydrogens is 228 g/mol. The molecule has 1 aromatic heterocycles. The number of aromatic nitrogens is 1. The number of aryl methyl sites for hydroxylation is 1. The summed E-state index contributed by atoms with van der Waals surface area (Å²) in [6.45, 7) is 2.23. The van der Waals surface area contributed by atoms with E-state index in [2.05, 4.69) is 5.16 Å². The Morgan fingerprint density at radius 1 is 1.59 bits per heavy atom. The van der Waals surface area contributed by atoms with Crippen LogP contribution in [-0.4, -0.2) is 52.8 Å². The summed E-state index contributed by atoms with van der Waals surface area (Å²) < 4.78 is 9.88. The number of carboxylic acid groups (broad SMARTS) is 1. The monoisotopic (exact) mass is 240 g/mol. The number of rotatable bonds is 2. The number of carboxylic acids is 1. The molecule has 0 aliphatic carbocycles. The molecule has 1 aliphatic heterocycles. The molecule has 0 bridgehead atoms. The van der Waals surface area contributed by atoms with Crippen molar-refractivity contribution in [2.24, 2.45) is 0 Å². The third-order valence-electron chi connectivity index (χ3n) is 2.62. The Bertz CT molecular complexity index is 442. The van der Waals surface area contributed by atoms with Crippen molar-refractivity contribution in [3.8, 4) is 0 Å². The van der Waals surface area contributed by atoms with Crippen LogP contribution >= 0.6 is 0 Å². The highest BCUT2D eigenvalue weighted by Crippen LogP contribution is 2.15. The summed E-state index contributed by atoms with van der Waals surface area (Å²) in [5, 5.41) is 12.5. The van der Waals surface area contributed by atoms with Gasteiger partial charge >= 0.3 is 5.97 Å². The van der Waals surface area contributed by atoms with Gasteiger partial charge in [0.1, 0.15) is 0 Å². The van der Waals surface area contributed by atoms with Crippen LogP contribution in [0.1, 0.15) is 16.1 Å². The first-order valence-corrected chi connectivity index (χ1v) is 5.14. The Morgan fingerprint density at radius 2 is 2.35 bits per heavy atom. The second-order valence-corrected chi connectivity index (χ2v) is 3.77. The predicted octanol–water partition coefficient (Wildman–Crippen LogP) is -0.0914. The van der Waals surface area contributed by atoms with Crippen molar-refractivity contribution in [1.29, 1.82) is 0 Å². The van der Waals surface area contributed by atoms with E-state index in [1.807, 2.05) is 0 Å². The smallest absolute Gasteiger partial charge is 0.328 e. The molecule has 0 aromatic carbocycles. The molecular formula is C10H12N2O5. The van der Waals surface area contributed by atoms with Crippen molar-refractivity contribution >= 4 is 11.9 Å². The van der Waals surface area contributed by atoms with E-state index in [-0.39, 0.29) is 18.9 Å². The van der Waals surface area contributed by atoms with Crippen molar-refractivity contribution in [2.75, 3.05) is 19.8 Å². The number of nitrogens with zero attached hydrogens (tertiary/aromatic N) is 2. The quantitative estimate of drug-likeness (QED) is 0.776. The summed E-state index contributed by atoms with van der Waals surface area (Å²) in [7, 11) is 0. The molecule has 1 unspecified atom stereocenters. The van der Waals surface area contributed by atoms with Gasteiger partial charge in [0.25, 0.3) is 5.91 Å². The van der Waals surface area contributed by atoms with E-state index < -0.39 is 17.9 Å². The largest absolute Gasteiger partial charge is 0.480 e. The van der Waals surface area contributed by atoms with Crippen LogP contribution in [0.5, 0.6) is 0 Å². The molecule has 7 nitrogen and oxygen atoms in total. The van der Waals surface area contributed by atoms with Crippen LogP contribution in [0.2, 0.25) is 0 Å². The van der Waals surface area contributed by atoms with E-state index in [1.165, 1.54) is 11.1 Å². The molecule has 0 spiro atoms. The van der Waals surface area contributed by atoms with Gasteiger partial charge in [0, 0.05) is 12.1 Å². The Labute approximate surface area is 96.9 Å². The standard InChI is InChI=1S/C10H12N2O5/c1-6-4-11-17-8(6)9(13)12-2-3-16-5-7(12)10(14)15/h4,7H,2-3,5H2,1H3,(H,14,15). The van der Waals surface area contributed by atoms with E-state index in [1.54, 1.807) is 6.92 Å². The second kappa shape index (κ2) is 4.54. The molecule has 92 valence electrons. The van der Waals surface area contributed by atoms with E-state index in [0.717, 1.165) is 0 Å². The predicted molar refractivity (Wildman–Crippen MR) is 54.5 cm³/mol. The first-order valence-electron chi connectivity index (χ1n) is 5.14. The van der Waals surface area contributed by atoms with Gasteiger partial charge in [-0.15, -0.1) is 0 Å². The lowest BCUT2D eigenvalue weighted by Crippen LogP contribution is -2.52. The first-order chi connectivity index (χ1) is 8.11. The lowest BCUT2D eigenvalue weighted by atomic mass is 10.2. The number of carbonyl (C=O) groups excluding carboxylic acids is 1. The van der Waals surface area contributed by atoms with Crippen LogP contribution in [0.3, 0.4) is 0 Å². The third-order valence-corrected chi connectivity index (χ3v) is 2.62. The molecule has 1 fully saturated rings. The summed E-state index contributed by atoms with van der Waals surface area (Å²) >= 11 is 0. The molecule has 1 N–H and O–H groups in total. The summed E-state index contributed by atoms with van der Waals surface area (Å²) in [6.07, 6.45) is 1.42. The average molecular weight is 240 g/mol. The van der Waals surface area contributed by atoms with Gasteiger partial charge in [0.15, 0.2) is 6.04 Å². The van der Waals surface area contributed by atoms with Gasteiger partial charge in [-0.05, 0) is 6.92 Å².